The summed E-state index contributed by atoms with van der Waals surface area (Å²) in [4.78, 5) is 38.1. The summed E-state index contributed by atoms with van der Waals surface area (Å²) in [5.41, 5.74) is 5.79. The minimum absolute atomic E-state index is 0.0167. The van der Waals surface area contributed by atoms with E-state index in [4.69, 9.17) is 23.2 Å². The number of benzene rings is 3. The quantitative estimate of drug-likeness (QED) is 0.277. The van der Waals surface area contributed by atoms with Crippen molar-refractivity contribution in [3.05, 3.63) is 93.5 Å². The van der Waals surface area contributed by atoms with Crippen LogP contribution in [0.3, 0.4) is 0 Å². The number of thiol groups is 1. The molecular weight excluding hydrogens is 481 g/mol. The van der Waals surface area contributed by atoms with Crippen LogP contribution in [0.15, 0.2) is 66.7 Å². The fourth-order valence-electron chi connectivity index (χ4n) is 3.08. The zero-order valence-electron chi connectivity index (χ0n) is 17.5. The van der Waals surface area contributed by atoms with E-state index in [1.807, 2.05) is 0 Å². The Hall–Kier alpha value is -2.84. The van der Waals surface area contributed by atoms with Gasteiger partial charge in [0.25, 0.3) is 5.91 Å². The summed E-state index contributed by atoms with van der Waals surface area (Å²) in [5, 5.41) is 6.36. The van der Waals surface area contributed by atoms with E-state index in [0.717, 1.165) is 0 Å². The van der Waals surface area contributed by atoms with Gasteiger partial charge in [-0.1, -0.05) is 53.5 Å². The number of ketones is 1. The predicted octanol–water partition coefficient (Wildman–Crippen LogP) is 3.88. The summed E-state index contributed by atoms with van der Waals surface area (Å²) in [6.07, 6.45) is 0.0167. The molecule has 0 saturated carbocycles. The first-order valence-corrected chi connectivity index (χ1v) is 11.4. The van der Waals surface area contributed by atoms with Crippen LogP contribution in [0.25, 0.3) is 0 Å². The van der Waals surface area contributed by atoms with Crippen molar-refractivity contribution in [2.24, 2.45) is 0 Å². The summed E-state index contributed by atoms with van der Waals surface area (Å²) >= 11 is 16.1. The van der Waals surface area contributed by atoms with Gasteiger partial charge in [0.2, 0.25) is 5.91 Å². The number of nitrogens with one attached hydrogen (secondary N) is 2. The molecule has 0 saturated heterocycles. The molecule has 2 amide bonds. The summed E-state index contributed by atoms with van der Waals surface area (Å²) in [7, 11) is 0. The molecule has 0 heterocycles. The van der Waals surface area contributed by atoms with Gasteiger partial charge in [0.15, 0.2) is 11.8 Å². The molecule has 5 N–H and O–H groups in total. The third-order valence-corrected chi connectivity index (χ3v) is 5.60. The molecule has 0 unspecified atom stereocenters. The Labute approximate surface area is 206 Å². The third kappa shape index (κ3) is 6.82. The highest BCUT2D eigenvalue weighted by atomic mass is 35.5. The van der Waals surface area contributed by atoms with Crippen molar-refractivity contribution in [3.8, 4) is 0 Å². The number of quaternary nitrogens is 1. The van der Waals surface area contributed by atoms with Crippen molar-refractivity contribution in [1.82, 2.24) is 0 Å². The number of amides is 2. The van der Waals surface area contributed by atoms with Crippen LogP contribution in [0.1, 0.15) is 21.5 Å². The SMILES string of the molecule is [NH3+][C@@H](CS)C(=O)Nc1ccc(NC(=O)Cc2cc(Cl)cc(Cl)c2)c(C(=O)c2ccccc2)c1. The molecule has 0 aliphatic heterocycles. The lowest BCUT2D eigenvalue weighted by Gasteiger charge is -2.14. The maximum absolute atomic E-state index is 13.2. The Bertz CT molecular complexity index is 1170. The molecule has 0 aliphatic rings. The second-order valence-corrected chi connectivity index (χ2v) is 8.56. The number of hydrogen-bond acceptors (Lipinski definition) is 4. The van der Waals surface area contributed by atoms with Gasteiger partial charge >= 0.3 is 0 Å². The van der Waals surface area contributed by atoms with E-state index in [9.17, 15) is 14.4 Å². The lowest BCUT2D eigenvalue weighted by atomic mass is 10.0. The van der Waals surface area contributed by atoms with E-state index in [1.165, 1.54) is 6.07 Å². The summed E-state index contributed by atoms with van der Waals surface area (Å²) < 4.78 is 0. The standard InChI is InChI=1S/C24H21Cl2N3O3S/c25-16-8-14(9-17(26)11-16)10-22(30)29-21-7-6-18(28-24(32)20(27)13-33)12-19(21)23(31)15-4-2-1-3-5-15/h1-9,11-12,20,33H,10,13,27H2,(H,28,32)(H,29,30)/p+1/t20-/m0/s1. The Morgan fingerprint density at radius 2 is 1.58 bits per heavy atom. The molecule has 0 radical (unpaired) electrons. The molecule has 0 spiro atoms. The second-order valence-electron chi connectivity index (χ2n) is 7.33. The average Bonchev–Trinajstić information content (AvgIpc) is 2.78. The van der Waals surface area contributed by atoms with Crippen LogP contribution in [0.4, 0.5) is 11.4 Å². The van der Waals surface area contributed by atoms with Gasteiger partial charge in [0.05, 0.1) is 17.9 Å². The minimum Gasteiger partial charge on any atom is -0.347 e. The lowest BCUT2D eigenvalue weighted by Crippen LogP contribution is -2.67. The van der Waals surface area contributed by atoms with Gasteiger partial charge in [-0.15, -0.1) is 0 Å². The van der Waals surface area contributed by atoms with Crippen molar-refractivity contribution in [2.45, 2.75) is 12.5 Å². The first-order valence-electron chi connectivity index (χ1n) is 10.00. The van der Waals surface area contributed by atoms with Gasteiger partial charge in [-0.3, -0.25) is 14.4 Å². The van der Waals surface area contributed by atoms with Crippen molar-refractivity contribution in [2.75, 3.05) is 16.4 Å². The Morgan fingerprint density at radius 3 is 2.21 bits per heavy atom. The monoisotopic (exact) mass is 502 g/mol. The molecule has 0 bridgehead atoms. The van der Waals surface area contributed by atoms with Crippen LogP contribution in [-0.4, -0.2) is 29.4 Å². The van der Waals surface area contributed by atoms with E-state index in [2.05, 4.69) is 29.0 Å². The Balaban J connectivity index is 1.89. The highest BCUT2D eigenvalue weighted by Crippen LogP contribution is 2.25. The summed E-state index contributed by atoms with van der Waals surface area (Å²) in [6, 6.07) is 17.7. The average molecular weight is 503 g/mol. The predicted molar refractivity (Wildman–Crippen MR) is 134 cm³/mol. The highest BCUT2D eigenvalue weighted by Gasteiger charge is 2.19. The smallest absolute Gasteiger partial charge is 0.283 e. The number of rotatable bonds is 8. The molecule has 170 valence electrons. The molecule has 3 aromatic carbocycles. The number of halogens is 2. The van der Waals surface area contributed by atoms with Gasteiger partial charge in [-0.05, 0) is 42.0 Å². The van der Waals surface area contributed by atoms with E-state index < -0.39 is 6.04 Å². The van der Waals surface area contributed by atoms with E-state index in [-0.39, 0.29) is 35.3 Å². The van der Waals surface area contributed by atoms with Crippen molar-refractivity contribution in [3.63, 3.8) is 0 Å². The normalized spacial score (nSPS) is 11.5. The number of anilines is 2. The van der Waals surface area contributed by atoms with Gasteiger partial charge in [0, 0.05) is 26.9 Å². The molecule has 33 heavy (non-hydrogen) atoms. The van der Waals surface area contributed by atoms with Crippen LogP contribution < -0.4 is 16.4 Å². The zero-order valence-corrected chi connectivity index (χ0v) is 19.9. The van der Waals surface area contributed by atoms with E-state index in [0.29, 0.717) is 32.5 Å². The Morgan fingerprint density at radius 1 is 0.909 bits per heavy atom. The van der Waals surface area contributed by atoms with Crippen molar-refractivity contribution >= 4 is 64.8 Å². The van der Waals surface area contributed by atoms with Crippen LogP contribution in [0.5, 0.6) is 0 Å². The molecule has 0 fully saturated rings. The zero-order chi connectivity index (χ0) is 24.0. The molecule has 9 heteroatoms. The Kier molecular flexibility index (Phi) is 8.52. The molecule has 6 nitrogen and oxygen atoms in total. The van der Waals surface area contributed by atoms with Crippen LogP contribution >= 0.6 is 35.8 Å². The molecule has 3 rings (SSSR count). The molecule has 1 atom stereocenters. The number of carbonyl (C=O) groups is 3. The largest absolute Gasteiger partial charge is 0.347 e. The minimum atomic E-state index is -0.550. The van der Waals surface area contributed by atoms with Crippen molar-refractivity contribution < 1.29 is 20.1 Å². The van der Waals surface area contributed by atoms with Gasteiger partial charge in [0.1, 0.15) is 0 Å². The fraction of sp³-hybridized carbons (Fsp3) is 0.125. The van der Waals surface area contributed by atoms with Gasteiger partial charge in [-0.2, -0.15) is 12.6 Å². The summed E-state index contributed by atoms with van der Waals surface area (Å²) in [5.74, 6) is -0.686. The first-order chi connectivity index (χ1) is 15.8. The molecule has 0 aromatic heterocycles. The molecule has 0 aliphatic carbocycles. The first kappa shape index (κ1) is 24.8. The lowest BCUT2D eigenvalue weighted by molar-refractivity contribution is -0.395. The number of carbonyl (C=O) groups excluding carboxylic acids is 3. The fourth-order valence-corrected chi connectivity index (χ4v) is 3.82. The van der Waals surface area contributed by atoms with Gasteiger partial charge in [-0.25, -0.2) is 0 Å². The van der Waals surface area contributed by atoms with Gasteiger partial charge < -0.3 is 16.4 Å². The van der Waals surface area contributed by atoms with Crippen LogP contribution in [0.2, 0.25) is 10.0 Å². The highest BCUT2D eigenvalue weighted by molar-refractivity contribution is 7.80. The molecule has 3 aromatic rings. The van der Waals surface area contributed by atoms with E-state index >= 15 is 0 Å². The van der Waals surface area contributed by atoms with Crippen LogP contribution in [0, 0.1) is 0 Å². The van der Waals surface area contributed by atoms with Crippen molar-refractivity contribution in [1.29, 1.82) is 0 Å². The third-order valence-electron chi connectivity index (χ3n) is 4.72. The molecular formula is C24H22Cl2N3O3S+. The number of hydrogen-bond donors (Lipinski definition) is 4. The maximum atomic E-state index is 13.2. The summed E-state index contributed by atoms with van der Waals surface area (Å²) in [6.45, 7) is 0. The topological polar surface area (TPSA) is 103 Å². The maximum Gasteiger partial charge on any atom is 0.283 e. The van der Waals surface area contributed by atoms with Crippen LogP contribution in [-0.2, 0) is 16.0 Å². The second kappa shape index (κ2) is 11.3. The van der Waals surface area contributed by atoms with E-state index in [1.54, 1.807) is 60.7 Å².